The summed E-state index contributed by atoms with van der Waals surface area (Å²) in [5, 5.41) is 9.81. The van der Waals surface area contributed by atoms with Gasteiger partial charge in [0, 0.05) is 13.2 Å². The van der Waals surface area contributed by atoms with Gasteiger partial charge in [-0.05, 0) is 42.7 Å². The first-order valence-electron chi connectivity index (χ1n) is 11.4. The molecule has 0 fully saturated rings. The molecule has 7 heteroatoms. The molecule has 1 atom stereocenters. The predicted molar refractivity (Wildman–Crippen MR) is 125 cm³/mol. The number of aliphatic hydroxyl groups is 1. The summed E-state index contributed by atoms with van der Waals surface area (Å²) in [4.78, 5) is 28.3. The maximum Gasteiger partial charge on any atom is 0.290 e. The summed E-state index contributed by atoms with van der Waals surface area (Å²) < 4.78 is 17.4. The summed E-state index contributed by atoms with van der Waals surface area (Å²) in [7, 11) is 1.57. The van der Waals surface area contributed by atoms with Gasteiger partial charge in [-0.1, -0.05) is 38.0 Å². The van der Waals surface area contributed by atoms with Gasteiger partial charge in [-0.25, -0.2) is 0 Å². The van der Waals surface area contributed by atoms with Gasteiger partial charge in [0.05, 0.1) is 30.7 Å². The molecule has 1 N–H and O–H groups in total. The molecule has 0 unspecified atom stereocenters. The fraction of sp³-hybridized carbons (Fsp3) is 0.385. The summed E-state index contributed by atoms with van der Waals surface area (Å²) >= 11 is 0. The third-order valence-electron chi connectivity index (χ3n) is 5.94. The third kappa shape index (κ3) is 4.33. The van der Waals surface area contributed by atoms with Gasteiger partial charge in [0.15, 0.2) is 16.9 Å². The quantitative estimate of drug-likeness (QED) is 0.463. The maximum absolute atomic E-state index is 13.4. The van der Waals surface area contributed by atoms with Crippen LogP contribution in [-0.2, 0) is 0 Å². The highest BCUT2D eigenvalue weighted by Gasteiger charge is 2.42. The van der Waals surface area contributed by atoms with E-state index in [2.05, 4.69) is 6.92 Å². The lowest BCUT2D eigenvalue weighted by Crippen LogP contribution is -2.31. The SMILES string of the molecule is CCCCCOc1ccc([C@@H]2c3c(oc4ccccc4c3=O)C(=O)N2CCCO)cc1OC. The minimum atomic E-state index is -0.636. The van der Waals surface area contributed by atoms with Crippen molar-refractivity contribution in [3.63, 3.8) is 0 Å². The van der Waals surface area contributed by atoms with Crippen LogP contribution < -0.4 is 14.9 Å². The lowest BCUT2D eigenvalue weighted by atomic mass is 9.98. The number of carbonyl (C=O) groups is 1. The Morgan fingerprint density at radius 3 is 2.64 bits per heavy atom. The van der Waals surface area contributed by atoms with Gasteiger partial charge in [0.2, 0.25) is 5.76 Å². The molecule has 0 aliphatic carbocycles. The second-order valence-electron chi connectivity index (χ2n) is 8.11. The molecule has 7 nitrogen and oxygen atoms in total. The zero-order valence-electron chi connectivity index (χ0n) is 19.0. The van der Waals surface area contributed by atoms with Crippen LogP contribution in [0.25, 0.3) is 11.0 Å². The van der Waals surface area contributed by atoms with Gasteiger partial charge in [-0.2, -0.15) is 0 Å². The van der Waals surface area contributed by atoms with E-state index in [-0.39, 0.29) is 30.2 Å². The van der Waals surface area contributed by atoms with Crippen molar-refractivity contribution in [3.8, 4) is 11.5 Å². The molecule has 0 saturated carbocycles. The summed E-state index contributed by atoms with van der Waals surface area (Å²) in [5.74, 6) is 0.859. The van der Waals surface area contributed by atoms with Gasteiger partial charge in [0.25, 0.3) is 5.91 Å². The van der Waals surface area contributed by atoms with Gasteiger partial charge >= 0.3 is 0 Å². The van der Waals surface area contributed by atoms with Crippen molar-refractivity contribution in [1.82, 2.24) is 4.90 Å². The van der Waals surface area contributed by atoms with Crippen LogP contribution in [0, 0.1) is 0 Å². The van der Waals surface area contributed by atoms with E-state index in [0.29, 0.717) is 41.1 Å². The highest BCUT2D eigenvalue weighted by atomic mass is 16.5. The Morgan fingerprint density at radius 2 is 1.88 bits per heavy atom. The Hall–Kier alpha value is -3.32. The second-order valence-corrected chi connectivity index (χ2v) is 8.11. The fourth-order valence-electron chi connectivity index (χ4n) is 4.29. The van der Waals surface area contributed by atoms with E-state index < -0.39 is 6.04 Å². The lowest BCUT2D eigenvalue weighted by Gasteiger charge is -2.25. The van der Waals surface area contributed by atoms with Crippen molar-refractivity contribution in [2.24, 2.45) is 0 Å². The number of nitrogens with zero attached hydrogens (tertiary/aromatic N) is 1. The Bertz CT molecular complexity index is 1200. The number of aliphatic hydroxyl groups excluding tert-OH is 1. The van der Waals surface area contributed by atoms with Crippen molar-refractivity contribution >= 4 is 16.9 Å². The molecule has 0 bridgehead atoms. The number of para-hydroxylation sites is 1. The number of benzene rings is 2. The molecule has 1 aliphatic rings. The molecule has 33 heavy (non-hydrogen) atoms. The average molecular weight is 452 g/mol. The van der Waals surface area contributed by atoms with Gasteiger partial charge < -0.3 is 23.9 Å². The van der Waals surface area contributed by atoms with Crippen molar-refractivity contribution in [2.75, 3.05) is 26.9 Å². The highest BCUT2D eigenvalue weighted by molar-refractivity contribution is 5.99. The zero-order valence-corrected chi connectivity index (χ0v) is 19.0. The largest absolute Gasteiger partial charge is 0.493 e. The minimum absolute atomic E-state index is 0.0560. The first-order valence-corrected chi connectivity index (χ1v) is 11.4. The Morgan fingerprint density at radius 1 is 1.06 bits per heavy atom. The molecule has 1 amide bonds. The van der Waals surface area contributed by atoms with E-state index in [9.17, 15) is 14.7 Å². The molecule has 0 saturated heterocycles. The first kappa shape index (κ1) is 22.9. The first-order chi connectivity index (χ1) is 16.1. The Balaban J connectivity index is 1.79. The maximum atomic E-state index is 13.4. The van der Waals surface area contributed by atoms with Crippen LogP contribution in [0.1, 0.15) is 60.3 Å². The van der Waals surface area contributed by atoms with E-state index in [0.717, 1.165) is 24.8 Å². The van der Waals surface area contributed by atoms with Crippen molar-refractivity contribution in [1.29, 1.82) is 0 Å². The Kier molecular flexibility index (Phi) is 6.99. The van der Waals surface area contributed by atoms with Crippen molar-refractivity contribution < 1.29 is 23.8 Å². The fourth-order valence-corrected chi connectivity index (χ4v) is 4.29. The highest BCUT2D eigenvalue weighted by Crippen LogP contribution is 2.41. The molecule has 3 aromatic rings. The molecular weight excluding hydrogens is 422 g/mol. The van der Waals surface area contributed by atoms with E-state index in [4.69, 9.17) is 13.9 Å². The number of amides is 1. The molecule has 2 aromatic carbocycles. The lowest BCUT2D eigenvalue weighted by molar-refractivity contribution is 0.0716. The molecular formula is C26H29NO6. The number of rotatable bonds is 10. The monoisotopic (exact) mass is 451 g/mol. The molecule has 0 spiro atoms. The standard InChI is InChI=1S/C26H29NO6/c1-3-4-7-15-32-20-12-11-17(16-21(20)31-2)23-22-24(29)18-9-5-6-10-19(18)33-25(22)26(30)27(23)13-8-14-28/h5-6,9-12,16,23,28H,3-4,7-8,13-15H2,1-2H3/t23-/m1/s1. The van der Waals surface area contributed by atoms with Crippen LogP contribution in [0.15, 0.2) is 51.7 Å². The van der Waals surface area contributed by atoms with Crippen LogP contribution in [0.2, 0.25) is 0 Å². The summed E-state index contributed by atoms with van der Waals surface area (Å²) in [6.07, 6.45) is 3.54. The van der Waals surface area contributed by atoms with E-state index in [1.54, 1.807) is 36.3 Å². The normalized spacial score (nSPS) is 15.2. The Labute approximate surface area is 192 Å². The van der Waals surface area contributed by atoms with E-state index in [1.807, 2.05) is 18.2 Å². The number of ether oxygens (including phenoxy) is 2. The van der Waals surface area contributed by atoms with Crippen molar-refractivity contribution in [2.45, 2.75) is 38.6 Å². The van der Waals surface area contributed by atoms with Gasteiger partial charge in [0.1, 0.15) is 5.58 Å². The number of hydrogen-bond donors (Lipinski definition) is 1. The second kappa shape index (κ2) is 10.1. The van der Waals surface area contributed by atoms with Crippen molar-refractivity contribution in [3.05, 3.63) is 69.6 Å². The minimum Gasteiger partial charge on any atom is -0.493 e. The smallest absolute Gasteiger partial charge is 0.290 e. The zero-order chi connectivity index (χ0) is 23.4. The van der Waals surface area contributed by atoms with E-state index in [1.165, 1.54) is 0 Å². The van der Waals surface area contributed by atoms with Crippen LogP contribution in [0.4, 0.5) is 0 Å². The number of carbonyl (C=O) groups excluding carboxylic acids is 1. The van der Waals surface area contributed by atoms with Crippen LogP contribution in [0.5, 0.6) is 11.5 Å². The molecule has 174 valence electrons. The molecule has 1 aliphatic heterocycles. The summed E-state index contributed by atoms with van der Waals surface area (Å²) in [6, 6.07) is 11.8. The molecule has 4 rings (SSSR count). The topological polar surface area (TPSA) is 89.2 Å². The number of methoxy groups -OCH3 is 1. The van der Waals surface area contributed by atoms with Crippen LogP contribution in [0.3, 0.4) is 0 Å². The van der Waals surface area contributed by atoms with Gasteiger partial charge in [-0.15, -0.1) is 0 Å². The predicted octanol–water partition coefficient (Wildman–Crippen LogP) is 4.30. The molecule has 2 heterocycles. The third-order valence-corrected chi connectivity index (χ3v) is 5.94. The summed E-state index contributed by atoms with van der Waals surface area (Å²) in [6.45, 7) is 2.95. The number of unbranched alkanes of at least 4 members (excludes halogenated alkanes) is 2. The van der Waals surface area contributed by atoms with Gasteiger partial charge in [-0.3, -0.25) is 9.59 Å². The average Bonchev–Trinajstić information content (AvgIpc) is 3.12. The van der Waals surface area contributed by atoms with E-state index >= 15 is 0 Å². The summed E-state index contributed by atoms with van der Waals surface area (Å²) in [5.41, 5.74) is 1.19. The van der Waals surface area contributed by atoms with Crippen LogP contribution >= 0.6 is 0 Å². The van der Waals surface area contributed by atoms with Crippen LogP contribution in [-0.4, -0.2) is 42.8 Å². The molecule has 1 aromatic heterocycles. The number of fused-ring (bicyclic) bond motifs is 2. The number of hydrogen-bond acceptors (Lipinski definition) is 6. The molecule has 0 radical (unpaired) electrons.